The lowest BCUT2D eigenvalue weighted by Crippen LogP contribution is -2.65. The molecule has 40 nitrogen and oxygen atoms in total. The predicted octanol–water partition coefficient (Wildman–Crippen LogP) is -1.28. The highest BCUT2D eigenvalue weighted by Gasteiger charge is 2.47. The van der Waals surface area contributed by atoms with E-state index in [1.807, 2.05) is 31.2 Å². The summed E-state index contributed by atoms with van der Waals surface area (Å²) in [4.78, 5) is 246. The zero-order valence-corrected chi connectivity index (χ0v) is 76.3. The topological polar surface area (TPSA) is 660 Å². The molecule has 706 valence electrons. The summed E-state index contributed by atoms with van der Waals surface area (Å²) in [5.41, 5.74) is 34.9. The van der Waals surface area contributed by atoms with Crippen LogP contribution in [0.5, 0.6) is 5.75 Å². The largest absolute Gasteiger partial charge is 0.492 e. The van der Waals surface area contributed by atoms with Gasteiger partial charge in [0.25, 0.3) is 0 Å². The average Bonchev–Trinajstić information content (AvgIpc) is 1.78. The van der Waals surface area contributed by atoms with E-state index in [1.165, 1.54) is 41.5 Å². The lowest BCUT2D eigenvalue weighted by atomic mass is 9.91. The Morgan fingerprint density at radius 2 is 1.17 bits per heavy atom. The lowest BCUT2D eigenvalue weighted by molar-refractivity contribution is -0.138. The number of primary amides is 4. The van der Waals surface area contributed by atoms with Crippen LogP contribution in [0.4, 0.5) is 4.79 Å². The van der Waals surface area contributed by atoms with Gasteiger partial charge in [0.15, 0.2) is 0 Å². The molecule has 4 aromatic carbocycles. The molecule has 6 rings (SSSR count). The summed E-state index contributed by atoms with van der Waals surface area (Å²) in [6.07, 6.45) is -2.74. The Kier molecular flexibility index (Phi) is 40.9. The standard InChI is InChI=1S/C87H127N21O19S2/c1-46(2)38-60(72(92)114)99-77(119)64(43-66(90)112)101-73(115)59(24-14-17-35-94-49(5)110)105-83(125)87(11,32-15-16-33-88)108-79(121)62(41-52-26-29-53-21-12-13-22-54(53)39-52)100-75(117)61(40-51-27-30-56(31-28-51)127-37-34-89)103-82(124)71-86(9,10)129-128-85(7,8)70(97-50(6)111)81(123)104-65(44-67(91)113)78(120)106-69(48(4)109)80(122)102-63(42-55-45-96-68-47(3)20-18-23-57(55)68)76(118)98-58(74(116)107-71)25-19-36-95-84(93)126/h12-13,18,20-23,26-31,39,45-46,48,58-65,69-71,96,109H,14-17,19,24-25,32-38,40-44,88-89H2,1-11H3,(H2,90,112)(H2,91,113)(H2,92,114)(H,94,110)(H,97,111)(H,98,118)(H,99,119)(H,100,117)(H,101,115)(H,102,122)(H,103,124)(H,104,123)(H,105,125)(H,106,120)(H,107,116)(H,108,121)(H3,93,95,126)/t48-,58+,59+,60-,61+,62+,63+,64+,65+,69+,70-,71-,87?/m1/s1. The third-order valence-corrected chi connectivity index (χ3v) is 25.7. The van der Waals surface area contributed by atoms with Crippen LogP contribution in [0, 0.1) is 12.8 Å². The van der Waals surface area contributed by atoms with E-state index < -0.39 is 201 Å². The summed E-state index contributed by atoms with van der Waals surface area (Å²) in [7, 11) is 1.77. The number of nitrogens with one attached hydrogen (secondary N) is 15. The second-order valence-corrected chi connectivity index (χ2v) is 37.3. The van der Waals surface area contributed by atoms with Crippen molar-refractivity contribution in [2.45, 2.75) is 254 Å². The normalized spacial score (nSPS) is 19.3. The molecule has 28 N–H and O–H groups in total. The monoisotopic (exact) mass is 1830 g/mol. The molecule has 42 heteroatoms. The Balaban J connectivity index is 1.54. The van der Waals surface area contributed by atoms with Crippen molar-refractivity contribution >= 4 is 144 Å². The van der Waals surface area contributed by atoms with Gasteiger partial charge in [-0.25, -0.2) is 4.79 Å². The summed E-state index contributed by atoms with van der Waals surface area (Å²) in [6, 6.07) is 4.48. The number of hydrogen-bond donors (Lipinski definition) is 22. The molecule has 1 unspecified atom stereocenters. The fraction of sp³-hybridized carbons (Fsp3) is 0.529. The minimum absolute atomic E-state index is 0.0825. The molecule has 0 saturated carbocycles. The number of para-hydroxylation sites is 1. The molecule has 0 spiro atoms. The molecule has 18 amide bonds. The molecule has 1 aliphatic rings. The number of benzene rings is 4. The molecule has 129 heavy (non-hydrogen) atoms. The first kappa shape index (κ1) is 106. The highest BCUT2D eigenvalue weighted by Crippen LogP contribution is 2.47. The second-order valence-electron chi connectivity index (χ2n) is 33.9. The summed E-state index contributed by atoms with van der Waals surface area (Å²) in [5.74, 6) is -15.7. The van der Waals surface area contributed by atoms with Crippen LogP contribution in [0.25, 0.3) is 21.7 Å². The van der Waals surface area contributed by atoms with Crippen LogP contribution in [-0.2, 0) is 96.0 Å². The van der Waals surface area contributed by atoms with Crippen molar-refractivity contribution in [1.82, 2.24) is 79.4 Å². The molecular weight excluding hydrogens is 1710 g/mol. The quantitative estimate of drug-likeness (QED) is 0.0160. The molecule has 0 radical (unpaired) electrons. The number of aliphatic hydroxyl groups is 1. The van der Waals surface area contributed by atoms with Gasteiger partial charge in [0.2, 0.25) is 94.5 Å². The van der Waals surface area contributed by atoms with Gasteiger partial charge in [0.05, 0.1) is 18.9 Å². The molecule has 1 fully saturated rings. The maximum Gasteiger partial charge on any atom is 0.312 e. The first-order chi connectivity index (χ1) is 60.7. The number of hydrogen-bond acceptors (Lipinski definition) is 23. The SMILES string of the molecule is CC(=O)NCCCC[C@H](NC(=O)C(C)(CCCCN)NC(=O)[C@H](Cc1ccc2ccccc2c1)NC(=O)[C@H](Cc1ccc(OCCN)cc1)NC(=O)[C@H]1NC(=O)[C@H](CCCNC(N)=O)NC(=O)[C@H](Cc2c[nH]c3c(C)cccc23)NC(=O)[C@H]([C@@H](C)O)NC(=O)[C@H](CC(N)=O)NC(=O)[C@@H](NC(C)=O)C(C)(C)SSC1(C)C)C(=O)N[C@@H](CC(N)=O)C(=O)N[C@H](CC(C)C)C(N)=O. The Hall–Kier alpha value is -12.1. The number of aromatic amines is 1. The fourth-order valence-corrected chi connectivity index (χ4v) is 17.2. The zero-order valence-electron chi connectivity index (χ0n) is 74.7. The van der Waals surface area contributed by atoms with Crippen LogP contribution >= 0.6 is 21.6 Å². The third-order valence-electron chi connectivity index (χ3n) is 21.4. The summed E-state index contributed by atoms with van der Waals surface area (Å²) < 4.78 is 2.53. The third kappa shape index (κ3) is 33.5. The van der Waals surface area contributed by atoms with Crippen LogP contribution in [0.15, 0.2) is 91.1 Å². The average molecular weight is 1840 g/mol. The van der Waals surface area contributed by atoms with E-state index in [9.17, 15) is 57.8 Å². The van der Waals surface area contributed by atoms with Crippen LogP contribution < -0.4 is 114 Å². The van der Waals surface area contributed by atoms with Crippen LogP contribution in [0.3, 0.4) is 0 Å². The molecule has 5 aromatic rings. The number of fused-ring (bicyclic) bond motifs is 2. The Bertz CT molecular complexity index is 4820. The van der Waals surface area contributed by atoms with Crippen molar-refractivity contribution in [2.24, 2.45) is 40.3 Å². The smallest absolute Gasteiger partial charge is 0.312 e. The van der Waals surface area contributed by atoms with E-state index in [-0.39, 0.29) is 109 Å². The molecular formula is C87H127N21O19S2. The van der Waals surface area contributed by atoms with E-state index in [0.29, 0.717) is 45.1 Å². The number of rotatable bonds is 43. The minimum atomic E-state index is -2.03. The highest BCUT2D eigenvalue weighted by molar-refractivity contribution is 8.77. The molecule has 2 heterocycles. The Morgan fingerprint density at radius 1 is 0.574 bits per heavy atom. The van der Waals surface area contributed by atoms with Gasteiger partial charge in [-0.3, -0.25) is 76.7 Å². The van der Waals surface area contributed by atoms with Gasteiger partial charge in [-0.15, -0.1) is 0 Å². The van der Waals surface area contributed by atoms with E-state index in [2.05, 4.69) is 79.4 Å². The highest BCUT2D eigenvalue weighted by atomic mass is 33.1. The predicted molar refractivity (Wildman–Crippen MR) is 486 cm³/mol. The number of aryl methyl sites for hydroxylation is 1. The number of ether oxygens (including phenoxy) is 1. The molecule has 0 bridgehead atoms. The van der Waals surface area contributed by atoms with Gasteiger partial charge < -0.3 is 124 Å². The first-order valence-corrected chi connectivity index (χ1v) is 44.9. The van der Waals surface area contributed by atoms with Gasteiger partial charge in [-0.2, -0.15) is 0 Å². The van der Waals surface area contributed by atoms with Gasteiger partial charge in [0.1, 0.15) is 84.4 Å². The number of amides is 18. The molecule has 1 aromatic heterocycles. The van der Waals surface area contributed by atoms with Gasteiger partial charge in [-0.1, -0.05) is 108 Å². The van der Waals surface area contributed by atoms with Crippen molar-refractivity contribution in [1.29, 1.82) is 0 Å². The number of carbonyl (C=O) groups is 17. The molecule has 1 aliphatic heterocycles. The van der Waals surface area contributed by atoms with E-state index >= 15 is 28.8 Å². The van der Waals surface area contributed by atoms with Crippen LogP contribution in [-0.4, -0.2) is 231 Å². The summed E-state index contributed by atoms with van der Waals surface area (Å²) in [6.45, 7) is 16.6. The number of H-pyrrole nitrogens is 1. The molecule has 1 saturated heterocycles. The maximum absolute atomic E-state index is 16.3. The fourth-order valence-electron chi connectivity index (χ4n) is 14.4. The van der Waals surface area contributed by atoms with Gasteiger partial charge >= 0.3 is 6.03 Å². The van der Waals surface area contributed by atoms with Gasteiger partial charge in [0, 0.05) is 79.3 Å². The van der Waals surface area contributed by atoms with Crippen LogP contribution in [0.2, 0.25) is 0 Å². The second kappa shape index (κ2) is 50.0. The number of nitrogens with two attached hydrogens (primary N) is 6. The maximum atomic E-state index is 16.3. The Labute approximate surface area is 756 Å². The van der Waals surface area contributed by atoms with Crippen molar-refractivity contribution in [3.63, 3.8) is 0 Å². The zero-order chi connectivity index (χ0) is 95.8. The molecule has 13 atom stereocenters. The van der Waals surface area contributed by atoms with E-state index in [0.717, 1.165) is 46.4 Å². The number of carbonyl (C=O) groups excluding carboxylic acids is 17. The lowest BCUT2D eigenvalue weighted by Gasteiger charge is -2.39. The van der Waals surface area contributed by atoms with Crippen molar-refractivity contribution in [3.05, 3.63) is 113 Å². The van der Waals surface area contributed by atoms with E-state index in [4.69, 9.17) is 39.1 Å². The van der Waals surface area contributed by atoms with E-state index in [1.54, 1.807) is 80.7 Å². The van der Waals surface area contributed by atoms with Crippen molar-refractivity contribution < 1.29 is 91.4 Å². The minimum Gasteiger partial charge on any atom is -0.492 e. The number of aromatic nitrogens is 1. The number of urea groups is 1. The number of aliphatic hydroxyl groups excluding tert-OH is 1. The molecule has 0 aliphatic carbocycles. The van der Waals surface area contributed by atoms with Crippen molar-refractivity contribution in [2.75, 3.05) is 32.8 Å². The van der Waals surface area contributed by atoms with Gasteiger partial charge in [-0.05, 0) is 164 Å². The van der Waals surface area contributed by atoms with Crippen molar-refractivity contribution in [3.8, 4) is 5.75 Å². The summed E-state index contributed by atoms with van der Waals surface area (Å²) in [5, 5.41) is 50.4. The Morgan fingerprint density at radius 3 is 1.80 bits per heavy atom. The summed E-state index contributed by atoms with van der Waals surface area (Å²) >= 11 is 0. The van der Waals surface area contributed by atoms with Crippen LogP contribution in [0.1, 0.15) is 162 Å². The first-order valence-electron chi connectivity index (χ1n) is 42.7. The number of unbranched alkanes of at least 4 members (excludes halogenated alkanes) is 2.